The molecule has 0 saturated carbocycles. The maximum atomic E-state index is 4.47. The van der Waals surface area contributed by atoms with E-state index in [0.717, 1.165) is 33.4 Å². The number of hydrogen-bond acceptors (Lipinski definition) is 4. The Hall–Kier alpha value is -1.00. The number of hydrogen-bond donors (Lipinski definition) is 2. The Morgan fingerprint density at radius 2 is 2.25 bits per heavy atom. The van der Waals surface area contributed by atoms with Gasteiger partial charge in [-0.2, -0.15) is 0 Å². The van der Waals surface area contributed by atoms with Gasteiger partial charge in [0, 0.05) is 28.1 Å². The highest BCUT2D eigenvalue weighted by molar-refractivity contribution is 7.80. The quantitative estimate of drug-likeness (QED) is 0.809. The minimum atomic E-state index is 0.905. The van der Waals surface area contributed by atoms with Crippen molar-refractivity contribution in [3.8, 4) is 11.3 Å². The molecule has 4 heteroatoms. The van der Waals surface area contributed by atoms with Crippen LogP contribution in [-0.2, 0) is 0 Å². The van der Waals surface area contributed by atoms with E-state index < -0.39 is 0 Å². The molecule has 0 aliphatic heterocycles. The van der Waals surface area contributed by atoms with Crippen LogP contribution in [0.5, 0.6) is 0 Å². The third-order valence-corrected chi connectivity index (χ3v) is 3.42. The van der Waals surface area contributed by atoms with Crippen molar-refractivity contribution < 1.29 is 0 Å². The molecule has 2 nitrogen and oxygen atoms in total. The summed E-state index contributed by atoms with van der Waals surface area (Å²) in [5.41, 5.74) is 3.22. The van der Waals surface area contributed by atoms with Gasteiger partial charge in [-0.3, -0.25) is 0 Å². The molecule has 84 valence electrons. The molecule has 0 amide bonds. The lowest BCUT2D eigenvalue weighted by Gasteiger charge is -2.07. The molecule has 0 spiro atoms. The van der Waals surface area contributed by atoms with Crippen molar-refractivity contribution in [3.05, 3.63) is 28.6 Å². The number of aryl methyl sites for hydroxylation is 1. The second-order valence-corrected chi connectivity index (χ2v) is 5.06. The summed E-state index contributed by atoms with van der Waals surface area (Å²) in [6, 6.07) is 6.18. The van der Waals surface area contributed by atoms with Crippen LogP contribution in [0.3, 0.4) is 0 Å². The van der Waals surface area contributed by atoms with Crippen molar-refractivity contribution in [1.29, 1.82) is 0 Å². The molecule has 1 aromatic carbocycles. The van der Waals surface area contributed by atoms with Crippen LogP contribution < -0.4 is 5.32 Å². The fourth-order valence-corrected chi connectivity index (χ4v) is 2.44. The van der Waals surface area contributed by atoms with Gasteiger partial charge in [0.1, 0.15) is 0 Å². The minimum absolute atomic E-state index is 0.905. The van der Waals surface area contributed by atoms with Crippen LogP contribution in [0.2, 0.25) is 0 Å². The summed E-state index contributed by atoms with van der Waals surface area (Å²) in [5.74, 6) is 0. The molecule has 0 saturated heterocycles. The van der Waals surface area contributed by atoms with E-state index in [1.54, 1.807) is 11.3 Å². The molecule has 0 aliphatic carbocycles. The zero-order chi connectivity index (χ0) is 11.5. The molecular weight excluding hydrogens is 236 g/mol. The van der Waals surface area contributed by atoms with E-state index in [2.05, 4.69) is 53.4 Å². The fraction of sp³-hybridized carbons (Fsp3) is 0.250. The van der Waals surface area contributed by atoms with E-state index in [4.69, 9.17) is 0 Å². The maximum absolute atomic E-state index is 4.47. The van der Waals surface area contributed by atoms with Gasteiger partial charge in [-0.25, -0.2) is 4.98 Å². The van der Waals surface area contributed by atoms with Gasteiger partial charge in [0.25, 0.3) is 0 Å². The number of benzene rings is 1. The third-order valence-electron chi connectivity index (χ3n) is 2.28. The van der Waals surface area contributed by atoms with Crippen LogP contribution in [0.1, 0.15) is 11.9 Å². The number of aromatic nitrogens is 1. The Bertz CT molecular complexity index is 492. The lowest BCUT2D eigenvalue weighted by atomic mass is 10.1. The molecule has 1 aromatic heterocycles. The predicted molar refractivity (Wildman–Crippen MR) is 73.7 cm³/mol. The van der Waals surface area contributed by atoms with Crippen LogP contribution in [0.15, 0.2) is 28.5 Å². The Morgan fingerprint density at radius 3 is 2.81 bits per heavy atom. The predicted octanol–water partition coefficient (Wildman–Crippen LogP) is 3.84. The van der Waals surface area contributed by atoms with Crippen LogP contribution in [0, 0.1) is 6.92 Å². The van der Waals surface area contributed by atoms with Crippen LogP contribution in [0.25, 0.3) is 11.3 Å². The minimum Gasteiger partial charge on any atom is -0.384 e. The molecule has 0 bridgehead atoms. The van der Waals surface area contributed by atoms with Gasteiger partial charge in [-0.15, -0.1) is 24.0 Å². The Labute approximate surface area is 105 Å². The van der Waals surface area contributed by atoms with E-state index in [1.807, 2.05) is 6.92 Å². The largest absolute Gasteiger partial charge is 0.384 e. The number of thiol groups is 1. The van der Waals surface area contributed by atoms with Gasteiger partial charge in [-0.05, 0) is 26.0 Å². The summed E-state index contributed by atoms with van der Waals surface area (Å²) in [7, 11) is 0. The van der Waals surface area contributed by atoms with Crippen molar-refractivity contribution in [2.75, 3.05) is 11.9 Å². The van der Waals surface area contributed by atoms with E-state index in [-0.39, 0.29) is 0 Å². The standard InChI is InChI=1S/C12H14N2S2/c1-3-13-10-5-4-9(6-12(10)15)11-7-16-8(2)14-11/h4-7,13,15H,3H2,1-2H3. The average molecular weight is 250 g/mol. The third kappa shape index (κ3) is 2.39. The molecule has 0 aliphatic rings. The fourth-order valence-electron chi connectivity index (χ4n) is 1.53. The van der Waals surface area contributed by atoms with Gasteiger partial charge in [0.15, 0.2) is 0 Å². The summed E-state index contributed by atoms with van der Waals surface area (Å²) in [6.07, 6.45) is 0. The summed E-state index contributed by atoms with van der Waals surface area (Å²) in [5, 5.41) is 6.43. The van der Waals surface area contributed by atoms with Crippen LogP contribution in [-0.4, -0.2) is 11.5 Å². The molecule has 0 radical (unpaired) electrons. The van der Waals surface area contributed by atoms with Gasteiger partial charge >= 0.3 is 0 Å². The first kappa shape index (κ1) is 11.5. The molecule has 0 fully saturated rings. The lowest BCUT2D eigenvalue weighted by molar-refractivity contribution is 1.19. The van der Waals surface area contributed by atoms with Crippen LogP contribution >= 0.6 is 24.0 Å². The van der Waals surface area contributed by atoms with Gasteiger partial charge in [0.2, 0.25) is 0 Å². The topological polar surface area (TPSA) is 24.9 Å². The van der Waals surface area contributed by atoms with Crippen molar-refractivity contribution in [2.24, 2.45) is 0 Å². The normalized spacial score (nSPS) is 10.4. The Balaban J connectivity index is 2.34. The summed E-state index contributed by atoms with van der Waals surface area (Å²) >= 11 is 6.14. The highest BCUT2D eigenvalue weighted by atomic mass is 32.1. The SMILES string of the molecule is CCNc1ccc(-c2csc(C)n2)cc1S. The van der Waals surface area contributed by atoms with E-state index >= 15 is 0 Å². The first-order chi connectivity index (χ1) is 7.70. The second-order valence-electron chi connectivity index (χ2n) is 3.51. The Morgan fingerprint density at radius 1 is 1.44 bits per heavy atom. The van der Waals surface area contributed by atoms with Crippen molar-refractivity contribution in [2.45, 2.75) is 18.7 Å². The lowest BCUT2D eigenvalue weighted by Crippen LogP contribution is -1.97. The van der Waals surface area contributed by atoms with Crippen molar-refractivity contribution in [1.82, 2.24) is 4.98 Å². The molecular formula is C12H14N2S2. The highest BCUT2D eigenvalue weighted by Gasteiger charge is 2.04. The van der Waals surface area contributed by atoms with Crippen molar-refractivity contribution in [3.63, 3.8) is 0 Å². The van der Waals surface area contributed by atoms with E-state index in [0.29, 0.717) is 0 Å². The molecule has 2 aromatic rings. The summed E-state index contributed by atoms with van der Waals surface area (Å²) in [4.78, 5) is 5.42. The molecule has 1 heterocycles. The second kappa shape index (κ2) is 4.89. The molecule has 0 atom stereocenters. The number of nitrogens with one attached hydrogen (secondary N) is 1. The van der Waals surface area contributed by atoms with E-state index in [9.17, 15) is 0 Å². The summed E-state index contributed by atoms with van der Waals surface area (Å²) < 4.78 is 0. The monoisotopic (exact) mass is 250 g/mol. The Kier molecular flexibility index (Phi) is 3.51. The smallest absolute Gasteiger partial charge is 0.0901 e. The zero-order valence-electron chi connectivity index (χ0n) is 9.32. The number of rotatable bonds is 3. The van der Waals surface area contributed by atoms with Crippen molar-refractivity contribution >= 4 is 29.7 Å². The first-order valence-corrected chi connectivity index (χ1v) is 6.52. The van der Waals surface area contributed by atoms with Gasteiger partial charge in [0.05, 0.1) is 10.7 Å². The molecule has 1 N–H and O–H groups in total. The first-order valence-electron chi connectivity index (χ1n) is 5.20. The average Bonchev–Trinajstić information content (AvgIpc) is 2.68. The molecule has 16 heavy (non-hydrogen) atoms. The van der Waals surface area contributed by atoms with Gasteiger partial charge < -0.3 is 5.32 Å². The highest BCUT2D eigenvalue weighted by Crippen LogP contribution is 2.28. The van der Waals surface area contributed by atoms with Crippen LogP contribution in [0.4, 0.5) is 5.69 Å². The van der Waals surface area contributed by atoms with Gasteiger partial charge in [-0.1, -0.05) is 6.07 Å². The van der Waals surface area contributed by atoms with E-state index in [1.165, 1.54) is 0 Å². The summed E-state index contributed by atoms with van der Waals surface area (Å²) in [6.45, 7) is 5.00. The molecule has 0 unspecified atom stereocenters. The zero-order valence-corrected chi connectivity index (χ0v) is 11.0. The number of nitrogens with zero attached hydrogens (tertiary/aromatic N) is 1. The number of anilines is 1. The maximum Gasteiger partial charge on any atom is 0.0901 e. The molecule has 2 rings (SSSR count). The number of thiazole rings is 1.